The minimum absolute atomic E-state index is 0.0365. The number of hydrogen-bond donors (Lipinski definition) is 0. The average molecular weight is 298 g/mol. The number of Topliss-reactive ketones (excluding diaryl/α,β-unsaturated/α-hetero) is 2. The van der Waals surface area contributed by atoms with E-state index in [-0.39, 0.29) is 11.6 Å². The van der Waals surface area contributed by atoms with E-state index in [2.05, 4.69) is 0 Å². The first kappa shape index (κ1) is 15.8. The number of ether oxygens (including phenoxy) is 2. The largest absolute Gasteiger partial charge is 0.496 e. The van der Waals surface area contributed by atoms with Gasteiger partial charge in [0.25, 0.3) is 0 Å². The summed E-state index contributed by atoms with van der Waals surface area (Å²) in [6, 6.07) is 10.4. The standard InChI is InChI=1S/C18H18O4/c1-11(19)13-5-7-17(21-3)15(9-13)16-10-14(12(2)20)6-8-18(16)22-4/h5-10H,1-4H3. The summed E-state index contributed by atoms with van der Waals surface area (Å²) in [7, 11) is 3.13. The molecule has 114 valence electrons. The van der Waals surface area contributed by atoms with Crippen LogP contribution >= 0.6 is 0 Å². The lowest BCUT2D eigenvalue weighted by atomic mass is 9.97. The van der Waals surface area contributed by atoms with E-state index in [1.165, 1.54) is 13.8 Å². The van der Waals surface area contributed by atoms with Crippen molar-refractivity contribution in [1.82, 2.24) is 0 Å². The maximum absolute atomic E-state index is 11.6. The van der Waals surface area contributed by atoms with Crippen LogP contribution in [-0.2, 0) is 0 Å². The molecular formula is C18H18O4. The number of methoxy groups -OCH3 is 2. The summed E-state index contributed by atoms with van der Waals surface area (Å²) in [4.78, 5) is 23.3. The van der Waals surface area contributed by atoms with Crippen LogP contribution < -0.4 is 9.47 Å². The molecule has 0 unspecified atom stereocenters. The molecule has 0 saturated heterocycles. The Morgan fingerprint density at radius 1 is 0.727 bits per heavy atom. The van der Waals surface area contributed by atoms with Crippen LogP contribution in [0.15, 0.2) is 36.4 Å². The van der Waals surface area contributed by atoms with Gasteiger partial charge in [0.15, 0.2) is 11.6 Å². The van der Waals surface area contributed by atoms with E-state index in [4.69, 9.17) is 9.47 Å². The zero-order valence-corrected chi connectivity index (χ0v) is 13.1. The molecular weight excluding hydrogens is 280 g/mol. The van der Waals surface area contributed by atoms with E-state index in [1.807, 2.05) is 0 Å². The quantitative estimate of drug-likeness (QED) is 0.788. The van der Waals surface area contributed by atoms with Gasteiger partial charge in [-0.1, -0.05) is 0 Å². The van der Waals surface area contributed by atoms with Gasteiger partial charge in [-0.05, 0) is 50.2 Å². The molecule has 2 aromatic carbocycles. The first-order valence-electron chi connectivity index (χ1n) is 6.86. The summed E-state index contributed by atoms with van der Waals surface area (Å²) in [5.41, 5.74) is 2.59. The van der Waals surface area contributed by atoms with Gasteiger partial charge in [0.2, 0.25) is 0 Å². The fourth-order valence-corrected chi connectivity index (χ4v) is 2.27. The summed E-state index contributed by atoms with van der Waals surface area (Å²) in [6.07, 6.45) is 0. The highest BCUT2D eigenvalue weighted by molar-refractivity contribution is 5.98. The molecule has 0 heterocycles. The van der Waals surface area contributed by atoms with Crippen molar-refractivity contribution in [3.63, 3.8) is 0 Å². The first-order valence-corrected chi connectivity index (χ1v) is 6.86. The average Bonchev–Trinajstić information content (AvgIpc) is 2.53. The third-order valence-electron chi connectivity index (χ3n) is 3.50. The van der Waals surface area contributed by atoms with Gasteiger partial charge in [0, 0.05) is 22.3 Å². The second-order valence-corrected chi connectivity index (χ2v) is 4.94. The van der Waals surface area contributed by atoms with Crippen LogP contribution in [0.25, 0.3) is 11.1 Å². The van der Waals surface area contributed by atoms with Crippen molar-refractivity contribution in [2.24, 2.45) is 0 Å². The van der Waals surface area contributed by atoms with Gasteiger partial charge in [-0.15, -0.1) is 0 Å². The minimum Gasteiger partial charge on any atom is -0.496 e. The number of carbonyl (C=O) groups is 2. The maximum atomic E-state index is 11.6. The lowest BCUT2D eigenvalue weighted by Crippen LogP contribution is -1.99. The highest BCUT2D eigenvalue weighted by Crippen LogP contribution is 2.37. The highest BCUT2D eigenvalue weighted by Gasteiger charge is 2.15. The van der Waals surface area contributed by atoms with E-state index in [0.29, 0.717) is 22.6 Å². The summed E-state index contributed by atoms with van der Waals surface area (Å²) in [5.74, 6) is 1.16. The van der Waals surface area contributed by atoms with Crippen molar-refractivity contribution >= 4 is 11.6 Å². The van der Waals surface area contributed by atoms with E-state index in [1.54, 1.807) is 50.6 Å². The van der Waals surface area contributed by atoms with E-state index < -0.39 is 0 Å². The van der Waals surface area contributed by atoms with Crippen molar-refractivity contribution in [1.29, 1.82) is 0 Å². The molecule has 0 fully saturated rings. The zero-order valence-electron chi connectivity index (χ0n) is 13.1. The third kappa shape index (κ3) is 3.01. The Hall–Kier alpha value is -2.62. The molecule has 0 aliphatic heterocycles. The number of carbonyl (C=O) groups excluding carboxylic acids is 2. The predicted molar refractivity (Wildman–Crippen MR) is 85.0 cm³/mol. The fourth-order valence-electron chi connectivity index (χ4n) is 2.27. The van der Waals surface area contributed by atoms with Gasteiger partial charge in [0.05, 0.1) is 14.2 Å². The Morgan fingerprint density at radius 3 is 1.36 bits per heavy atom. The topological polar surface area (TPSA) is 52.6 Å². The number of ketones is 2. The molecule has 0 atom stereocenters. The van der Waals surface area contributed by atoms with Gasteiger partial charge in [0.1, 0.15) is 11.5 Å². The van der Waals surface area contributed by atoms with Crippen LogP contribution in [0.4, 0.5) is 0 Å². The molecule has 0 radical (unpaired) electrons. The molecule has 0 aromatic heterocycles. The summed E-state index contributed by atoms with van der Waals surface area (Å²) in [6.45, 7) is 3.02. The molecule has 0 amide bonds. The molecule has 0 saturated carbocycles. The smallest absolute Gasteiger partial charge is 0.159 e. The Bertz CT molecular complexity index is 668. The van der Waals surface area contributed by atoms with Crippen molar-refractivity contribution in [3.05, 3.63) is 47.5 Å². The van der Waals surface area contributed by atoms with Crippen LogP contribution in [-0.4, -0.2) is 25.8 Å². The van der Waals surface area contributed by atoms with E-state index in [9.17, 15) is 9.59 Å². The number of hydrogen-bond acceptors (Lipinski definition) is 4. The first-order chi connectivity index (χ1) is 10.5. The van der Waals surface area contributed by atoms with Gasteiger partial charge >= 0.3 is 0 Å². The van der Waals surface area contributed by atoms with Gasteiger partial charge in [-0.3, -0.25) is 9.59 Å². The van der Waals surface area contributed by atoms with Crippen LogP contribution in [0.2, 0.25) is 0 Å². The van der Waals surface area contributed by atoms with E-state index in [0.717, 1.165) is 11.1 Å². The van der Waals surface area contributed by atoms with Crippen molar-refractivity contribution in [2.75, 3.05) is 14.2 Å². The predicted octanol–water partition coefficient (Wildman–Crippen LogP) is 3.78. The van der Waals surface area contributed by atoms with Gasteiger partial charge < -0.3 is 9.47 Å². The molecule has 0 aliphatic rings. The Kier molecular flexibility index (Phi) is 4.61. The number of rotatable bonds is 5. The van der Waals surface area contributed by atoms with Crippen molar-refractivity contribution in [3.8, 4) is 22.6 Å². The van der Waals surface area contributed by atoms with Crippen LogP contribution in [0, 0.1) is 0 Å². The van der Waals surface area contributed by atoms with Gasteiger partial charge in [-0.2, -0.15) is 0 Å². The van der Waals surface area contributed by atoms with Crippen LogP contribution in [0.5, 0.6) is 11.5 Å². The van der Waals surface area contributed by atoms with Crippen molar-refractivity contribution < 1.29 is 19.1 Å². The Balaban J connectivity index is 2.72. The maximum Gasteiger partial charge on any atom is 0.159 e. The SMILES string of the molecule is COc1ccc(C(C)=O)cc1-c1cc(C(C)=O)ccc1OC. The molecule has 0 spiro atoms. The molecule has 0 aliphatic carbocycles. The molecule has 4 heteroatoms. The molecule has 4 nitrogen and oxygen atoms in total. The summed E-state index contributed by atoms with van der Waals surface area (Å²) in [5, 5.41) is 0. The van der Waals surface area contributed by atoms with Crippen molar-refractivity contribution in [2.45, 2.75) is 13.8 Å². The Labute approximate surface area is 129 Å². The third-order valence-corrected chi connectivity index (χ3v) is 3.50. The second kappa shape index (κ2) is 6.43. The molecule has 0 bridgehead atoms. The highest BCUT2D eigenvalue weighted by atomic mass is 16.5. The second-order valence-electron chi connectivity index (χ2n) is 4.94. The monoisotopic (exact) mass is 298 g/mol. The van der Waals surface area contributed by atoms with Gasteiger partial charge in [-0.25, -0.2) is 0 Å². The fraction of sp³-hybridized carbons (Fsp3) is 0.222. The molecule has 2 rings (SSSR count). The molecule has 22 heavy (non-hydrogen) atoms. The molecule has 0 N–H and O–H groups in total. The zero-order chi connectivity index (χ0) is 16.3. The lowest BCUT2D eigenvalue weighted by molar-refractivity contribution is 0.100. The lowest BCUT2D eigenvalue weighted by Gasteiger charge is -2.14. The van der Waals surface area contributed by atoms with E-state index >= 15 is 0 Å². The van der Waals surface area contributed by atoms with Crippen LogP contribution in [0.1, 0.15) is 34.6 Å². The van der Waals surface area contributed by atoms with Crippen LogP contribution in [0.3, 0.4) is 0 Å². The normalized spacial score (nSPS) is 10.2. The minimum atomic E-state index is -0.0365. The summed E-state index contributed by atoms with van der Waals surface area (Å²) < 4.78 is 10.8. The summed E-state index contributed by atoms with van der Waals surface area (Å²) >= 11 is 0. The Morgan fingerprint density at radius 2 is 1.09 bits per heavy atom. The number of benzene rings is 2. The molecule has 2 aromatic rings.